The summed E-state index contributed by atoms with van der Waals surface area (Å²) in [4.78, 5) is 9.03. The maximum Gasteiger partial charge on any atom is 0.514 e. The minimum absolute atomic E-state index is 0.396. The normalized spacial score (nSPS) is 16.7. The lowest BCUT2D eigenvalue weighted by molar-refractivity contribution is 0.00578. The lowest BCUT2D eigenvalue weighted by Gasteiger charge is -2.32. The highest BCUT2D eigenvalue weighted by Crippen LogP contribution is 2.43. The minimum Gasteiger partial charge on any atom is -0.398 e. The molecule has 3 heterocycles. The molecule has 0 aliphatic carbocycles. The Bertz CT molecular complexity index is 1470. The van der Waals surface area contributed by atoms with E-state index in [0.29, 0.717) is 0 Å². The Morgan fingerprint density at radius 2 is 1.09 bits per heavy atom. The molecule has 1 fully saturated rings. The maximum absolute atomic E-state index is 6.21. The van der Waals surface area contributed by atoms with E-state index in [0.717, 1.165) is 16.7 Å². The van der Waals surface area contributed by atoms with Crippen molar-refractivity contribution in [3.63, 3.8) is 0 Å². The molecule has 1 aliphatic rings. The zero-order chi connectivity index (χ0) is 24.2. The van der Waals surface area contributed by atoms with Gasteiger partial charge in [-0.15, -0.1) is 0 Å². The van der Waals surface area contributed by atoms with Gasteiger partial charge in [-0.05, 0) is 84.1 Å². The van der Waals surface area contributed by atoms with Crippen LogP contribution in [0, 0.1) is 0 Å². The third kappa shape index (κ3) is 3.54. The molecule has 5 aromatic rings. The number of hydrogen-bond acceptors (Lipinski definition) is 4. The van der Waals surface area contributed by atoms with Crippen LogP contribution in [0.2, 0.25) is 0 Å². The van der Waals surface area contributed by atoms with Crippen molar-refractivity contribution >= 4 is 34.3 Å². The van der Waals surface area contributed by atoms with Crippen molar-refractivity contribution in [2.75, 3.05) is 0 Å². The summed E-state index contributed by atoms with van der Waals surface area (Å²) in [5, 5.41) is 4.82. The summed E-state index contributed by atoms with van der Waals surface area (Å²) in [6.45, 7) is 8.24. The summed E-state index contributed by atoms with van der Waals surface area (Å²) in [5.41, 5.74) is 4.63. The number of rotatable bonds is 3. The van der Waals surface area contributed by atoms with Crippen molar-refractivity contribution in [2.24, 2.45) is 0 Å². The first-order chi connectivity index (χ1) is 16.9. The monoisotopic (exact) mass is 458 g/mol. The van der Waals surface area contributed by atoms with E-state index in [9.17, 15) is 0 Å². The van der Waals surface area contributed by atoms with Crippen LogP contribution in [-0.4, -0.2) is 28.3 Å². The summed E-state index contributed by atoms with van der Waals surface area (Å²) < 4.78 is 12.4. The van der Waals surface area contributed by atoms with Gasteiger partial charge >= 0.3 is 7.12 Å². The Hall–Kier alpha value is -3.54. The van der Waals surface area contributed by atoms with Crippen molar-refractivity contribution in [1.82, 2.24) is 9.97 Å². The van der Waals surface area contributed by atoms with Crippen LogP contribution in [0.25, 0.3) is 43.8 Å². The van der Waals surface area contributed by atoms with Gasteiger partial charge in [-0.3, -0.25) is 9.97 Å². The molecule has 0 N–H and O–H groups in total. The number of fused-ring (bicyclic) bond motifs is 2. The molecule has 2 aromatic heterocycles. The average Bonchev–Trinajstić information content (AvgIpc) is 3.09. The summed E-state index contributed by atoms with van der Waals surface area (Å²) in [6, 6.07) is 25.5. The summed E-state index contributed by atoms with van der Waals surface area (Å²) in [5.74, 6) is 0. The molecular weight excluding hydrogens is 431 g/mol. The average molecular weight is 458 g/mol. The lowest BCUT2D eigenvalue weighted by Crippen LogP contribution is -2.41. The highest BCUT2D eigenvalue weighted by atomic mass is 16.7. The van der Waals surface area contributed by atoms with Crippen LogP contribution in [0.1, 0.15) is 27.7 Å². The van der Waals surface area contributed by atoms with Crippen LogP contribution < -0.4 is 5.59 Å². The van der Waals surface area contributed by atoms with Gasteiger partial charge in [0.25, 0.3) is 0 Å². The van der Waals surface area contributed by atoms with E-state index >= 15 is 0 Å². The van der Waals surface area contributed by atoms with Crippen molar-refractivity contribution < 1.29 is 9.31 Å². The Balaban J connectivity index is 1.53. The van der Waals surface area contributed by atoms with E-state index in [2.05, 4.69) is 99.4 Å². The fourth-order valence-corrected chi connectivity index (χ4v) is 4.93. The Labute approximate surface area is 206 Å². The molecule has 1 saturated heterocycles. The first-order valence-corrected chi connectivity index (χ1v) is 12.0. The van der Waals surface area contributed by atoms with Crippen LogP contribution in [0.3, 0.4) is 0 Å². The molecule has 3 aromatic carbocycles. The smallest absolute Gasteiger partial charge is 0.398 e. The molecule has 0 bridgehead atoms. The SMILES string of the molecule is CC1(C)OB(c2ccc(-c3c4ccccc4c(-c4ccncc4)c4ccccc34)cn2)OC1(C)C. The zero-order valence-corrected chi connectivity index (χ0v) is 20.4. The van der Waals surface area contributed by atoms with Crippen molar-refractivity contribution in [3.8, 4) is 22.3 Å². The fourth-order valence-electron chi connectivity index (χ4n) is 4.93. The van der Waals surface area contributed by atoms with E-state index in [1.807, 2.05) is 24.7 Å². The number of nitrogens with zero attached hydrogens (tertiary/aromatic N) is 2. The Kier molecular flexibility index (Phi) is 5.03. The van der Waals surface area contributed by atoms with Crippen LogP contribution in [0.4, 0.5) is 0 Å². The molecule has 0 saturated carbocycles. The second-order valence-corrected chi connectivity index (χ2v) is 10.1. The molecule has 0 radical (unpaired) electrons. The van der Waals surface area contributed by atoms with Gasteiger partial charge in [0.1, 0.15) is 0 Å². The quantitative estimate of drug-likeness (QED) is 0.231. The van der Waals surface area contributed by atoms with Gasteiger partial charge in [0.15, 0.2) is 0 Å². The third-order valence-corrected chi connectivity index (χ3v) is 7.47. The number of aromatic nitrogens is 2. The van der Waals surface area contributed by atoms with Gasteiger partial charge in [0, 0.05) is 24.2 Å². The van der Waals surface area contributed by atoms with Gasteiger partial charge in [-0.25, -0.2) is 0 Å². The summed E-state index contributed by atoms with van der Waals surface area (Å²) >= 11 is 0. The van der Waals surface area contributed by atoms with Gasteiger partial charge in [-0.2, -0.15) is 0 Å². The van der Waals surface area contributed by atoms with E-state index in [4.69, 9.17) is 14.3 Å². The number of hydrogen-bond donors (Lipinski definition) is 0. The highest BCUT2D eigenvalue weighted by Gasteiger charge is 2.52. The lowest BCUT2D eigenvalue weighted by atomic mass is 9.83. The Morgan fingerprint density at radius 1 is 0.600 bits per heavy atom. The first kappa shape index (κ1) is 22.0. The van der Waals surface area contributed by atoms with Gasteiger partial charge in [0.2, 0.25) is 0 Å². The van der Waals surface area contributed by atoms with Gasteiger partial charge in [-0.1, -0.05) is 54.6 Å². The zero-order valence-electron chi connectivity index (χ0n) is 20.4. The summed E-state index contributed by atoms with van der Waals surface area (Å²) in [6.07, 6.45) is 5.65. The molecule has 5 heteroatoms. The molecule has 4 nitrogen and oxygen atoms in total. The molecule has 0 atom stereocenters. The van der Waals surface area contributed by atoms with Crippen molar-refractivity contribution in [3.05, 3.63) is 91.4 Å². The van der Waals surface area contributed by atoms with Gasteiger partial charge in [0.05, 0.1) is 16.8 Å². The molecular formula is C30H27BN2O2. The number of benzene rings is 3. The van der Waals surface area contributed by atoms with Gasteiger partial charge < -0.3 is 9.31 Å². The second kappa shape index (κ2) is 8.01. The molecule has 6 rings (SSSR count). The molecule has 1 aliphatic heterocycles. The molecule has 0 spiro atoms. The molecule has 172 valence electrons. The standard InChI is InChI=1S/C30H27BN2O2/c1-29(2)30(3,4)35-31(34-29)26-14-13-21(19-33-26)28-24-11-7-5-9-22(24)27(20-15-17-32-18-16-20)23-10-6-8-12-25(23)28/h5-19H,1-4H3. The predicted octanol–water partition coefficient (Wildman–Crippen LogP) is 6.42. The molecule has 35 heavy (non-hydrogen) atoms. The number of pyridine rings is 2. The highest BCUT2D eigenvalue weighted by molar-refractivity contribution is 6.61. The van der Waals surface area contributed by atoms with Crippen LogP contribution in [0.15, 0.2) is 91.4 Å². The molecule has 0 amide bonds. The van der Waals surface area contributed by atoms with Crippen LogP contribution in [0.5, 0.6) is 0 Å². The van der Waals surface area contributed by atoms with E-state index in [1.54, 1.807) is 0 Å². The minimum atomic E-state index is -0.475. The van der Waals surface area contributed by atoms with E-state index in [-0.39, 0.29) is 0 Å². The van der Waals surface area contributed by atoms with E-state index in [1.165, 1.54) is 32.7 Å². The first-order valence-electron chi connectivity index (χ1n) is 12.0. The second-order valence-electron chi connectivity index (χ2n) is 10.1. The van der Waals surface area contributed by atoms with Crippen molar-refractivity contribution in [1.29, 1.82) is 0 Å². The predicted molar refractivity (Wildman–Crippen MR) is 144 cm³/mol. The van der Waals surface area contributed by atoms with Crippen LogP contribution >= 0.6 is 0 Å². The third-order valence-electron chi connectivity index (χ3n) is 7.47. The summed E-state index contributed by atoms with van der Waals surface area (Å²) in [7, 11) is -0.475. The largest absolute Gasteiger partial charge is 0.514 e. The topological polar surface area (TPSA) is 44.2 Å². The van der Waals surface area contributed by atoms with Crippen LogP contribution in [-0.2, 0) is 9.31 Å². The maximum atomic E-state index is 6.21. The Morgan fingerprint density at radius 3 is 1.54 bits per heavy atom. The van der Waals surface area contributed by atoms with E-state index < -0.39 is 18.3 Å². The van der Waals surface area contributed by atoms with Crippen molar-refractivity contribution in [2.45, 2.75) is 38.9 Å². The molecule has 0 unspecified atom stereocenters. The fraction of sp³-hybridized carbons (Fsp3) is 0.200.